The maximum absolute atomic E-state index is 12.0. The molecular formula is C17H15Cl3N2O2. The molecule has 0 bridgehead atoms. The average molecular weight is 386 g/mol. The Balaban J connectivity index is 1.90. The SMILES string of the molecule is CC(NC(=O)CNC(=O)c1cccc(Cl)c1)c1ccc(Cl)cc1Cl. The zero-order valence-corrected chi connectivity index (χ0v) is 15.0. The lowest BCUT2D eigenvalue weighted by atomic mass is 10.1. The van der Waals surface area contributed by atoms with E-state index >= 15 is 0 Å². The molecule has 0 spiro atoms. The predicted octanol–water partition coefficient (Wildman–Crippen LogP) is 4.25. The Morgan fingerprint density at radius 3 is 2.42 bits per heavy atom. The van der Waals surface area contributed by atoms with Gasteiger partial charge in [-0.25, -0.2) is 0 Å². The van der Waals surface area contributed by atoms with E-state index in [4.69, 9.17) is 34.8 Å². The quantitative estimate of drug-likeness (QED) is 0.808. The van der Waals surface area contributed by atoms with Crippen LogP contribution >= 0.6 is 34.8 Å². The topological polar surface area (TPSA) is 58.2 Å². The number of benzene rings is 2. The molecular weight excluding hydrogens is 371 g/mol. The Labute approximate surface area is 155 Å². The molecule has 0 aromatic heterocycles. The van der Waals surface area contributed by atoms with Crippen LogP contribution in [0.3, 0.4) is 0 Å². The van der Waals surface area contributed by atoms with E-state index in [0.717, 1.165) is 5.56 Å². The third kappa shape index (κ3) is 5.13. The number of hydrogen-bond acceptors (Lipinski definition) is 2. The van der Waals surface area contributed by atoms with Crippen LogP contribution < -0.4 is 10.6 Å². The lowest BCUT2D eigenvalue weighted by Gasteiger charge is -2.16. The minimum absolute atomic E-state index is 0.152. The first-order valence-corrected chi connectivity index (χ1v) is 8.28. The molecule has 24 heavy (non-hydrogen) atoms. The number of hydrogen-bond donors (Lipinski definition) is 2. The summed E-state index contributed by atoms with van der Waals surface area (Å²) in [5, 5.41) is 6.76. The normalized spacial score (nSPS) is 11.7. The van der Waals surface area contributed by atoms with Crippen molar-refractivity contribution >= 4 is 46.6 Å². The van der Waals surface area contributed by atoms with Crippen LogP contribution in [0, 0.1) is 0 Å². The van der Waals surface area contributed by atoms with E-state index in [9.17, 15) is 9.59 Å². The second-order valence-electron chi connectivity index (χ2n) is 5.15. The highest BCUT2D eigenvalue weighted by molar-refractivity contribution is 6.35. The first-order valence-electron chi connectivity index (χ1n) is 7.15. The molecule has 0 aliphatic carbocycles. The molecule has 7 heteroatoms. The molecule has 2 N–H and O–H groups in total. The zero-order valence-electron chi connectivity index (χ0n) is 12.8. The number of rotatable bonds is 5. The highest BCUT2D eigenvalue weighted by atomic mass is 35.5. The van der Waals surface area contributed by atoms with Crippen LogP contribution in [-0.2, 0) is 4.79 Å². The van der Waals surface area contributed by atoms with Crippen molar-refractivity contribution in [2.75, 3.05) is 6.54 Å². The Morgan fingerprint density at radius 2 is 1.75 bits per heavy atom. The summed E-state index contributed by atoms with van der Waals surface area (Å²) in [4.78, 5) is 23.9. The van der Waals surface area contributed by atoms with Crippen LogP contribution in [0.4, 0.5) is 0 Å². The molecule has 1 atom stereocenters. The number of amides is 2. The van der Waals surface area contributed by atoms with Gasteiger partial charge in [0.05, 0.1) is 12.6 Å². The molecule has 0 radical (unpaired) electrons. The summed E-state index contributed by atoms with van der Waals surface area (Å²) < 4.78 is 0. The van der Waals surface area contributed by atoms with E-state index in [2.05, 4.69) is 10.6 Å². The number of carbonyl (C=O) groups is 2. The van der Waals surface area contributed by atoms with Gasteiger partial charge in [0, 0.05) is 20.6 Å². The van der Waals surface area contributed by atoms with Gasteiger partial charge in [-0.2, -0.15) is 0 Å². The molecule has 126 valence electrons. The fourth-order valence-corrected chi connectivity index (χ4v) is 2.88. The minimum Gasteiger partial charge on any atom is -0.348 e. The Bertz CT molecular complexity index is 765. The first kappa shape index (κ1) is 18.6. The van der Waals surface area contributed by atoms with Crippen molar-refractivity contribution in [3.63, 3.8) is 0 Å². The van der Waals surface area contributed by atoms with E-state index in [1.54, 1.807) is 43.3 Å². The van der Waals surface area contributed by atoms with Crippen molar-refractivity contribution in [2.24, 2.45) is 0 Å². The van der Waals surface area contributed by atoms with Gasteiger partial charge in [-0.05, 0) is 42.8 Å². The largest absolute Gasteiger partial charge is 0.348 e. The summed E-state index contributed by atoms with van der Waals surface area (Å²) in [6, 6.07) is 11.2. The summed E-state index contributed by atoms with van der Waals surface area (Å²) in [6.45, 7) is 1.65. The van der Waals surface area contributed by atoms with Gasteiger partial charge >= 0.3 is 0 Å². The Morgan fingerprint density at radius 1 is 1.04 bits per heavy atom. The highest BCUT2D eigenvalue weighted by Gasteiger charge is 2.14. The van der Waals surface area contributed by atoms with Gasteiger partial charge in [0.15, 0.2) is 0 Å². The van der Waals surface area contributed by atoms with Crippen molar-refractivity contribution in [3.05, 3.63) is 68.7 Å². The number of halogens is 3. The number of nitrogens with one attached hydrogen (secondary N) is 2. The van der Waals surface area contributed by atoms with E-state index in [0.29, 0.717) is 20.6 Å². The fourth-order valence-electron chi connectivity index (χ4n) is 2.12. The average Bonchev–Trinajstić information content (AvgIpc) is 2.52. The highest BCUT2D eigenvalue weighted by Crippen LogP contribution is 2.25. The van der Waals surface area contributed by atoms with Crippen molar-refractivity contribution in [3.8, 4) is 0 Å². The third-order valence-electron chi connectivity index (χ3n) is 3.30. The van der Waals surface area contributed by atoms with Crippen LogP contribution in [0.25, 0.3) is 0 Å². The zero-order chi connectivity index (χ0) is 17.7. The molecule has 2 aromatic rings. The second kappa shape index (κ2) is 8.38. The molecule has 0 fully saturated rings. The van der Waals surface area contributed by atoms with Gasteiger partial charge in [0.2, 0.25) is 5.91 Å². The van der Waals surface area contributed by atoms with Crippen molar-refractivity contribution in [1.82, 2.24) is 10.6 Å². The van der Waals surface area contributed by atoms with Crippen LogP contribution in [0.1, 0.15) is 28.9 Å². The molecule has 2 aromatic carbocycles. The molecule has 0 aliphatic rings. The van der Waals surface area contributed by atoms with Crippen LogP contribution in [0.15, 0.2) is 42.5 Å². The molecule has 2 amide bonds. The first-order chi connectivity index (χ1) is 11.4. The predicted molar refractivity (Wildman–Crippen MR) is 96.8 cm³/mol. The maximum Gasteiger partial charge on any atom is 0.251 e. The van der Waals surface area contributed by atoms with Crippen molar-refractivity contribution < 1.29 is 9.59 Å². The van der Waals surface area contributed by atoms with Gasteiger partial charge in [0.1, 0.15) is 0 Å². The van der Waals surface area contributed by atoms with Crippen molar-refractivity contribution in [1.29, 1.82) is 0 Å². The fraction of sp³-hybridized carbons (Fsp3) is 0.176. The van der Waals surface area contributed by atoms with Crippen LogP contribution in [0.2, 0.25) is 15.1 Å². The third-order valence-corrected chi connectivity index (χ3v) is 4.10. The van der Waals surface area contributed by atoms with Gasteiger partial charge in [-0.15, -0.1) is 0 Å². The Kier molecular flexibility index (Phi) is 6.49. The summed E-state index contributed by atoms with van der Waals surface area (Å²) in [5.74, 6) is -0.700. The summed E-state index contributed by atoms with van der Waals surface area (Å²) in [7, 11) is 0. The standard InChI is InChI=1S/C17H15Cl3N2O2/c1-10(14-6-5-13(19)8-15(14)20)22-16(23)9-21-17(24)11-3-2-4-12(18)7-11/h2-8,10H,9H2,1H3,(H,21,24)(H,22,23). The molecule has 4 nitrogen and oxygen atoms in total. The molecule has 1 unspecified atom stereocenters. The van der Waals surface area contributed by atoms with E-state index in [1.807, 2.05) is 0 Å². The van der Waals surface area contributed by atoms with Gasteiger partial charge in [0.25, 0.3) is 5.91 Å². The molecule has 0 aliphatic heterocycles. The molecule has 0 heterocycles. The molecule has 2 rings (SSSR count). The van der Waals surface area contributed by atoms with Gasteiger partial charge < -0.3 is 10.6 Å². The summed E-state index contributed by atoms with van der Waals surface area (Å²) >= 11 is 17.8. The lowest BCUT2D eigenvalue weighted by Crippen LogP contribution is -2.38. The van der Waals surface area contributed by atoms with E-state index in [1.165, 1.54) is 6.07 Å². The van der Waals surface area contributed by atoms with Crippen molar-refractivity contribution in [2.45, 2.75) is 13.0 Å². The van der Waals surface area contributed by atoms with Gasteiger partial charge in [-0.1, -0.05) is 46.9 Å². The van der Waals surface area contributed by atoms with E-state index in [-0.39, 0.29) is 24.4 Å². The Hall–Kier alpha value is -1.75. The minimum atomic E-state index is -0.371. The summed E-state index contributed by atoms with van der Waals surface area (Å²) in [6.07, 6.45) is 0. The summed E-state index contributed by atoms with van der Waals surface area (Å²) in [5.41, 5.74) is 1.14. The molecule has 0 saturated carbocycles. The smallest absolute Gasteiger partial charge is 0.251 e. The monoisotopic (exact) mass is 384 g/mol. The molecule has 0 saturated heterocycles. The van der Waals surface area contributed by atoms with Crippen LogP contribution in [0.5, 0.6) is 0 Å². The lowest BCUT2D eigenvalue weighted by molar-refractivity contribution is -0.120. The van der Waals surface area contributed by atoms with Gasteiger partial charge in [-0.3, -0.25) is 9.59 Å². The van der Waals surface area contributed by atoms with Crippen LogP contribution in [-0.4, -0.2) is 18.4 Å². The second-order valence-corrected chi connectivity index (χ2v) is 6.43. The maximum atomic E-state index is 12.0. The van der Waals surface area contributed by atoms with E-state index < -0.39 is 0 Å². The number of carbonyl (C=O) groups excluding carboxylic acids is 2.